The lowest BCUT2D eigenvalue weighted by molar-refractivity contribution is 0.250. The number of hydrogen-bond donors (Lipinski definition) is 4. The largest absolute Gasteiger partial charge is 0.337 e. The summed E-state index contributed by atoms with van der Waals surface area (Å²) >= 11 is 0. The van der Waals surface area contributed by atoms with E-state index in [1.807, 2.05) is 0 Å². The minimum absolute atomic E-state index is 0.267. The third-order valence-corrected chi connectivity index (χ3v) is 7.17. The van der Waals surface area contributed by atoms with Crippen LogP contribution in [0.3, 0.4) is 0 Å². The first kappa shape index (κ1) is 18.2. The predicted octanol–water partition coefficient (Wildman–Crippen LogP) is 1.64. The summed E-state index contributed by atoms with van der Waals surface area (Å²) in [4.78, 5) is 12.3. The standard InChI is InChI=1S/C17H26N4O3S/c22-17(18-10-13-11-19-20-12-13)21-14-6-8-16(9-7-14)25(23,24)15-4-2-1-3-5-15/h6-9,13,15,19-20H,1-5,10-12H2,(H2,18,21,22). The fraction of sp³-hybridized carbons (Fsp3) is 0.588. The molecule has 2 aliphatic rings. The second kappa shape index (κ2) is 8.16. The number of sulfone groups is 1. The second-order valence-electron chi connectivity index (χ2n) is 6.79. The number of benzene rings is 1. The Kier molecular flexibility index (Phi) is 5.93. The van der Waals surface area contributed by atoms with Crippen molar-refractivity contribution >= 4 is 21.6 Å². The zero-order valence-electron chi connectivity index (χ0n) is 14.3. The molecule has 1 saturated carbocycles. The fourth-order valence-corrected chi connectivity index (χ4v) is 5.21. The van der Waals surface area contributed by atoms with Crippen LogP contribution in [0, 0.1) is 5.92 Å². The number of urea groups is 1. The van der Waals surface area contributed by atoms with Gasteiger partial charge >= 0.3 is 6.03 Å². The SMILES string of the molecule is O=C(NCC1CNNC1)Nc1ccc(S(=O)(=O)C2CCCCC2)cc1. The molecule has 1 aliphatic carbocycles. The molecule has 0 spiro atoms. The first-order valence-corrected chi connectivity index (χ1v) is 10.4. The maximum Gasteiger partial charge on any atom is 0.319 e. The Morgan fingerprint density at radius 2 is 1.68 bits per heavy atom. The van der Waals surface area contributed by atoms with Crippen molar-refractivity contribution in [2.45, 2.75) is 42.2 Å². The molecular formula is C17H26N4O3S. The average Bonchev–Trinajstić information content (AvgIpc) is 3.15. The van der Waals surface area contributed by atoms with E-state index in [-0.39, 0.29) is 11.3 Å². The van der Waals surface area contributed by atoms with Crippen molar-refractivity contribution < 1.29 is 13.2 Å². The summed E-state index contributed by atoms with van der Waals surface area (Å²) < 4.78 is 25.3. The predicted molar refractivity (Wildman–Crippen MR) is 97.0 cm³/mol. The van der Waals surface area contributed by atoms with Crippen molar-refractivity contribution in [1.82, 2.24) is 16.2 Å². The number of hydrazine groups is 1. The number of carbonyl (C=O) groups is 1. The molecule has 0 bridgehead atoms. The molecule has 0 radical (unpaired) electrons. The molecule has 1 saturated heterocycles. The van der Waals surface area contributed by atoms with E-state index in [9.17, 15) is 13.2 Å². The highest BCUT2D eigenvalue weighted by Gasteiger charge is 2.28. The van der Waals surface area contributed by atoms with E-state index >= 15 is 0 Å². The minimum Gasteiger partial charge on any atom is -0.337 e. The van der Waals surface area contributed by atoms with Crippen LogP contribution in [0.15, 0.2) is 29.2 Å². The molecule has 0 atom stereocenters. The third kappa shape index (κ3) is 4.71. The molecule has 25 heavy (non-hydrogen) atoms. The molecule has 2 fully saturated rings. The van der Waals surface area contributed by atoms with Crippen LogP contribution in [-0.2, 0) is 9.84 Å². The van der Waals surface area contributed by atoms with Gasteiger partial charge in [0.2, 0.25) is 0 Å². The molecule has 138 valence electrons. The smallest absolute Gasteiger partial charge is 0.319 e. The van der Waals surface area contributed by atoms with Crippen molar-refractivity contribution in [2.24, 2.45) is 5.92 Å². The number of amides is 2. The van der Waals surface area contributed by atoms with Gasteiger partial charge in [0.15, 0.2) is 9.84 Å². The summed E-state index contributed by atoms with van der Waals surface area (Å²) in [5.74, 6) is 0.369. The number of carbonyl (C=O) groups excluding carboxylic acids is 1. The first-order chi connectivity index (χ1) is 12.1. The number of rotatable bonds is 5. The Balaban J connectivity index is 1.55. The van der Waals surface area contributed by atoms with Gasteiger partial charge in [-0.1, -0.05) is 19.3 Å². The second-order valence-corrected chi connectivity index (χ2v) is 9.02. The molecule has 1 aliphatic heterocycles. The molecule has 1 aromatic carbocycles. The average molecular weight is 366 g/mol. The van der Waals surface area contributed by atoms with Crippen molar-refractivity contribution in [3.05, 3.63) is 24.3 Å². The Morgan fingerprint density at radius 3 is 2.32 bits per heavy atom. The zero-order valence-corrected chi connectivity index (χ0v) is 15.1. The van der Waals surface area contributed by atoms with Gasteiger partial charge in [0.1, 0.15) is 0 Å². The van der Waals surface area contributed by atoms with Crippen molar-refractivity contribution in [3.8, 4) is 0 Å². The topological polar surface area (TPSA) is 99.3 Å². The van der Waals surface area contributed by atoms with Crippen LogP contribution in [0.2, 0.25) is 0 Å². The number of nitrogens with one attached hydrogen (secondary N) is 4. The molecule has 3 rings (SSSR count). The maximum absolute atomic E-state index is 12.7. The lowest BCUT2D eigenvalue weighted by atomic mass is 10.0. The van der Waals surface area contributed by atoms with Crippen LogP contribution in [0.25, 0.3) is 0 Å². The van der Waals surface area contributed by atoms with Gasteiger partial charge in [0.25, 0.3) is 0 Å². The summed E-state index contributed by atoms with van der Waals surface area (Å²) in [5.41, 5.74) is 6.61. The van der Waals surface area contributed by atoms with Gasteiger partial charge in [-0.3, -0.25) is 10.9 Å². The fourth-order valence-electron chi connectivity index (χ4n) is 3.36. The minimum atomic E-state index is -3.27. The van der Waals surface area contributed by atoms with E-state index in [0.717, 1.165) is 45.2 Å². The molecule has 0 aromatic heterocycles. The van der Waals surface area contributed by atoms with Crippen molar-refractivity contribution in [3.63, 3.8) is 0 Å². The van der Waals surface area contributed by atoms with Gasteiger partial charge in [0, 0.05) is 31.2 Å². The van der Waals surface area contributed by atoms with E-state index in [2.05, 4.69) is 21.5 Å². The monoisotopic (exact) mass is 366 g/mol. The van der Waals surface area contributed by atoms with E-state index in [0.29, 0.717) is 23.0 Å². The summed E-state index contributed by atoms with van der Waals surface area (Å²) in [6.07, 6.45) is 4.58. The van der Waals surface area contributed by atoms with Gasteiger partial charge in [0.05, 0.1) is 10.1 Å². The normalized spacial score (nSPS) is 19.7. The molecule has 1 aromatic rings. The molecule has 8 heteroatoms. The highest BCUT2D eigenvalue weighted by molar-refractivity contribution is 7.92. The van der Waals surface area contributed by atoms with Gasteiger partial charge in [-0.2, -0.15) is 0 Å². The Labute approximate surface area is 148 Å². The van der Waals surface area contributed by atoms with Crippen molar-refractivity contribution in [2.75, 3.05) is 25.0 Å². The van der Waals surface area contributed by atoms with Gasteiger partial charge < -0.3 is 10.6 Å². The first-order valence-electron chi connectivity index (χ1n) is 8.90. The summed E-state index contributed by atoms with van der Waals surface area (Å²) in [6, 6.07) is 6.19. The quantitative estimate of drug-likeness (QED) is 0.635. The van der Waals surface area contributed by atoms with Crippen LogP contribution in [0.1, 0.15) is 32.1 Å². The number of anilines is 1. The van der Waals surface area contributed by atoms with E-state index in [1.54, 1.807) is 24.3 Å². The third-order valence-electron chi connectivity index (χ3n) is 4.89. The Hall–Kier alpha value is -1.64. The van der Waals surface area contributed by atoms with E-state index in [4.69, 9.17) is 0 Å². The summed E-state index contributed by atoms with van der Waals surface area (Å²) in [5, 5.41) is 5.29. The van der Waals surface area contributed by atoms with Crippen molar-refractivity contribution in [1.29, 1.82) is 0 Å². The van der Waals surface area contributed by atoms with Gasteiger partial charge in [-0.15, -0.1) is 0 Å². The zero-order chi connectivity index (χ0) is 17.7. The molecule has 7 nitrogen and oxygen atoms in total. The summed E-state index contributed by atoms with van der Waals surface area (Å²) in [6.45, 7) is 2.24. The molecular weight excluding hydrogens is 340 g/mol. The van der Waals surface area contributed by atoms with Gasteiger partial charge in [-0.05, 0) is 37.1 Å². The van der Waals surface area contributed by atoms with Crippen LogP contribution < -0.4 is 21.5 Å². The van der Waals surface area contributed by atoms with E-state index < -0.39 is 9.84 Å². The number of hydrogen-bond acceptors (Lipinski definition) is 5. The van der Waals surface area contributed by atoms with Crippen LogP contribution >= 0.6 is 0 Å². The molecule has 0 unspecified atom stereocenters. The van der Waals surface area contributed by atoms with Crippen LogP contribution in [0.5, 0.6) is 0 Å². The molecule has 2 amide bonds. The summed E-state index contributed by atoms with van der Waals surface area (Å²) in [7, 11) is -3.27. The molecule has 1 heterocycles. The van der Waals surface area contributed by atoms with Crippen LogP contribution in [-0.4, -0.2) is 39.3 Å². The highest BCUT2D eigenvalue weighted by Crippen LogP contribution is 2.29. The Morgan fingerprint density at radius 1 is 1.04 bits per heavy atom. The van der Waals surface area contributed by atoms with Crippen LogP contribution in [0.4, 0.5) is 10.5 Å². The molecule has 4 N–H and O–H groups in total. The highest BCUT2D eigenvalue weighted by atomic mass is 32.2. The lowest BCUT2D eigenvalue weighted by Crippen LogP contribution is -2.34. The lowest BCUT2D eigenvalue weighted by Gasteiger charge is -2.21. The Bertz CT molecular complexity index is 678. The van der Waals surface area contributed by atoms with E-state index in [1.165, 1.54) is 0 Å². The van der Waals surface area contributed by atoms with Gasteiger partial charge in [-0.25, -0.2) is 13.2 Å². The maximum atomic E-state index is 12.7.